The number of carbonyl (C=O) groups excluding carboxylic acids is 1. The maximum Gasteiger partial charge on any atom is 0.224 e. The summed E-state index contributed by atoms with van der Waals surface area (Å²) in [6.07, 6.45) is 4.21. The first kappa shape index (κ1) is 13.8. The molecule has 2 fully saturated rings. The third-order valence-electron chi connectivity index (χ3n) is 3.91. The summed E-state index contributed by atoms with van der Waals surface area (Å²) in [6, 6.07) is 0.118. The molecule has 0 aromatic carbocycles. The molecule has 1 amide bonds. The molecule has 2 aliphatic rings. The predicted octanol–water partition coefficient (Wildman–Crippen LogP) is 0.128. The standard InChI is InChI=1S/C13H24N2O3/c1-15(10-13(17)4-2-3-5-13)12(16)8-11-9-18-7-6-14-11/h11,14,17H,2-10H2,1H3. The van der Waals surface area contributed by atoms with Crippen LogP contribution in [0.4, 0.5) is 0 Å². The SMILES string of the molecule is CN(CC1(O)CCCC1)C(=O)CC1COCCN1. The van der Waals surface area contributed by atoms with Crippen molar-refractivity contribution in [2.45, 2.75) is 43.7 Å². The van der Waals surface area contributed by atoms with Crippen LogP contribution >= 0.6 is 0 Å². The Bertz CT molecular complexity index is 284. The fourth-order valence-electron chi connectivity index (χ4n) is 2.84. The van der Waals surface area contributed by atoms with E-state index in [9.17, 15) is 9.90 Å². The van der Waals surface area contributed by atoms with Crippen molar-refractivity contribution in [1.29, 1.82) is 0 Å². The van der Waals surface area contributed by atoms with E-state index in [0.29, 0.717) is 19.6 Å². The molecule has 2 N–H and O–H groups in total. The lowest BCUT2D eigenvalue weighted by molar-refractivity contribution is -0.134. The van der Waals surface area contributed by atoms with Gasteiger partial charge in [0.15, 0.2) is 0 Å². The molecule has 18 heavy (non-hydrogen) atoms. The zero-order valence-corrected chi connectivity index (χ0v) is 11.2. The van der Waals surface area contributed by atoms with Crippen molar-refractivity contribution in [2.75, 3.05) is 33.4 Å². The highest BCUT2D eigenvalue weighted by atomic mass is 16.5. The second kappa shape index (κ2) is 5.99. The molecule has 104 valence electrons. The number of rotatable bonds is 4. The number of nitrogens with zero attached hydrogens (tertiary/aromatic N) is 1. The van der Waals surface area contributed by atoms with Gasteiger partial charge in [-0.3, -0.25) is 4.79 Å². The minimum atomic E-state index is -0.652. The van der Waals surface area contributed by atoms with E-state index in [1.54, 1.807) is 11.9 Å². The lowest BCUT2D eigenvalue weighted by atomic mass is 10.0. The third kappa shape index (κ3) is 3.67. The summed E-state index contributed by atoms with van der Waals surface area (Å²) >= 11 is 0. The normalized spacial score (nSPS) is 27.1. The summed E-state index contributed by atoms with van der Waals surface area (Å²) in [4.78, 5) is 13.7. The van der Waals surface area contributed by atoms with Gasteiger partial charge in [0.2, 0.25) is 5.91 Å². The molecule has 0 aromatic rings. The summed E-state index contributed by atoms with van der Waals surface area (Å²) in [5.74, 6) is 0.0818. The van der Waals surface area contributed by atoms with E-state index in [1.165, 1.54) is 0 Å². The summed E-state index contributed by atoms with van der Waals surface area (Å²) in [5, 5.41) is 13.6. The molecule has 1 atom stereocenters. The van der Waals surface area contributed by atoms with Gasteiger partial charge in [-0.05, 0) is 12.8 Å². The Balaban J connectivity index is 1.77. The first-order chi connectivity index (χ1) is 8.59. The first-order valence-electron chi connectivity index (χ1n) is 6.87. The van der Waals surface area contributed by atoms with Crippen LogP contribution in [0.1, 0.15) is 32.1 Å². The quantitative estimate of drug-likeness (QED) is 0.750. The van der Waals surface area contributed by atoms with Gasteiger partial charge in [0.05, 0.1) is 18.8 Å². The van der Waals surface area contributed by atoms with Crippen LogP contribution in [0.25, 0.3) is 0 Å². The molecule has 1 aliphatic carbocycles. The number of morpholine rings is 1. The van der Waals surface area contributed by atoms with Crippen molar-refractivity contribution in [2.24, 2.45) is 0 Å². The fraction of sp³-hybridized carbons (Fsp3) is 0.923. The van der Waals surface area contributed by atoms with Gasteiger partial charge in [-0.1, -0.05) is 12.8 Å². The van der Waals surface area contributed by atoms with Crippen molar-refractivity contribution in [3.8, 4) is 0 Å². The van der Waals surface area contributed by atoms with Gasteiger partial charge < -0.3 is 20.1 Å². The molecule has 0 bridgehead atoms. The first-order valence-corrected chi connectivity index (χ1v) is 6.87. The van der Waals surface area contributed by atoms with Gasteiger partial charge in [0, 0.05) is 32.6 Å². The third-order valence-corrected chi connectivity index (χ3v) is 3.91. The summed E-state index contributed by atoms with van der Waals surface area (Å²) in [7, 11) is 1.78. The van der Waals surface area contributed by atoms with Gasteiger partial charge in [-0.25, -0.2) is 0 Å². The average molecular weight is 256 g/mol. The van der Waals surface area contributed by atoms with Gasteiger partial charge >= 0.3 is 0 Å². The largest absolute Gasteiger partial charge is 0.388 e. The van der Waals surface area contributed by atoms with Crippen LogP contribution in [0.3, 0.4) is 0 Å². The number of amides is 1. The molecule has 1 saturated carbocycles. The lowest BCUT2D eigenvalue weighted by Crippen LogP contribution is -2.47. The minimum absolute atomic E-state index is 0.0818. The average Bonchev–Trinajstić information content (AvgIpc) is 2.77. The summed E-state index contributed by atoms with van der Waals surface area (Å²) in [5.41, 5.74) is -0.652. The van der Waals surface area contributed by atoms with E-state index in [2.05, 4.69) is 5.32 Å². The van der Waals surface area contributed by atoms with E-state index in [4.69, 9.17) is 4.74 Å². The molecular formula is C13H24N2O3. The van der Waals surface area contributed by atoms with Crippen LogP contribution in [0.15, 0.2) is 0 Å². The van der Waals surface area contributed by atoms with E-state index in [-0.39, 0.29) is 11.9 Å². The molecule has 2 rings (SSSR count). The molecule has 0 spiro atoms. The Kier molecular flexibility index (Phi) is 4.59. The number of hydrogen-bond acceptors (Lipinski definition) is 4. The Hall–Kier alpha value is -0.650. The van der Waals surface area contributed by atoms with Gasteiger partial charge in [0.1, 0.15) is 0 Å². The monoisotopic (exact) mass is 256 g/mol. The molecular weight excluding hydrogens is 232 g/mol. The smallest absolute Gasteiger partial charge is 0.224 e. The Morgan fingerprint density at radius 3 is 2.83 bits per heavy atom. The molecule has 1 saturated heterocycles. The zero-order chi connectivity index (χ0) is 13.0. The molecule has 1 aliphatic heterocycles. The molecule has 0 radical (unpaired) electrons. The van der Waals surface area contributed by atoms with Crippen LogP contribution < -0.4 is 5.32 Å². The zero-order valence-electron chi connectivity index (χ0n) is 11.2. The van der Waals surface area contributed by atoms with Gasteiger partial charge in [-0.15, -0.1) is 0 Å². The van der Waals surface area contributed by atoms with Crippen LogP contribution in [0.5, 0.6) is 0 Å². The van der Waals surface area contributed by atoms with Crippen molar-refractivity contribution < 1.29 is 14.6 Å². The van der Waals surface area contributed by atoms with Crippen molar-refractivity contribution in [3.63, 3.8) is 0 Å². The number of ether oxygens (including phenoxy) is 1. The van der Waals surface area contributed by atoms with Gasteiger partial charge in [0.25, 0.3) is 0 Å². The Labute approximate surface area is 108 Å². The second-order valence-corrected chi connectivity index (χ2v) is 5.61. The number of nitrogens with one attached hydrogen (secondary N) is 1. The van der Waals surface area contributed by atoms with Gasteiger partial charge in [-0.2, -0.15) is 0 Å². The number of aliphatic hydroxyl groups is 1. The fourth-order valence-corrected chi connectivity index (χ4v) is 2.84. The highest BCUT2D eigenvalue weighted by molar-refractivity contribution is 5.76. The molecule has 0 aromatic heterocycles. The Morgan fingerprint density at radius 1 is 1.50 bits per heavy atom. The number of hydrogen-bond donors (Lipinski definition) is 2. The van der Waals surface area contributed by atoms with E-state index in [1.807, 2.05) is 0 Å². The van der Waals surface area contributed by atoms with Crippen LogP contribution in [-0.4, -0.2) is 60.9 Å². The number of carbonyl (C=O) groups is 1. The topological polar surface area (TPSA) is 61.8 Å². The predicted molar refractivity (Wildman–Crippen MR) is 68.3 cm³/mol. The van der Waals surface area contributed by atoms with Crippen molar-refractivity contribution in [3.05, 3.63) is 0 Å². The highest BCUT2D eigenvalue weighted by Gasteiger charge is 2.33. The Morgan fingerprint density at radius 2 is 2.22 bits per heavy atom. The summed E-state index contributed by atoms with van der Waals surface area (Å²) in [6.45, 7) is 2.59. The van der Waals surface area contributed by atoms with Crippen LogP contribution in [-0.2, 0) is 9.53 Å². The lowest BCUT2D eigenvalue weighted by Gasteiger charge is -2.30. The number of likely N-dealkylation sites (N-methyl/N-ethyl adjacent to an activating group) is 1. The molecule has 5 heteroatoms. The maximum atomic E-state index is 12.1. The highest BCUT2D eigenvalue weighted by Crippen LogP contribution is 2.30. The van der Waals surface area contributed by atoms with Crippen LogP contribution in [0, 0.1) is 0 Å². The molecule has 1 heterocycles. The minimum Gasteiger partial charge on any atom is -0.388 e. The van der Waals surface area contributed by atoms with E-state index in [0.717, 1.165) is 38.8 Å². The van der Waals surface area contributed by atoms with E-state index < -0.39 is 5.60 Å². The molecule has 5 nitrogen and oxygen atoms in total. The van der Waals surface area contributed by atoms with Crippen molar-refractivity contribution in [1.82, 2.24) is 10.2 Å². The molecule has 1 unspecified atom stereocenters. The van der Waals surface area contributed by atoms with Crippen LogP contribution in [0.2, 0.25) is 0 Å². The summed E-state index contributed by atoms with van der Waals surface area (Å²) < 4.78 is 5.33. The maximum absolute atomic E-state index is 12.1. The van der Waals surface area contributed by atoms with Crippen molar-refractivity contribution >= 4 is 5.91 Å². The second-order valence-electron chi connectivity index (χ2n) is 5.61. The van der Waals surface area contributed by atoms with E-state index >= 15 is 0 Å².